The van der Waals surface area contributed by atoms with Crippen LogP contribution in [0, 0.1) is 11.3 Å². The third-order valence-electron chi connectivity index (χ3n) is 2.70. The summed E-state index contributed by atoms with van der Waals surface area (Å²) in [7, 11) is -4.29. The number of hydrogen-bond donors (Lipinski definition) is 0. The zero-order chi connectivity index (χ0) is 16.5. The summed E-state index contributed by atoms with van der Waals surface area (Å²) < 4.78 is 63.6. The molecule has 0 radical (unpaired) electrons. The largest absolute Gasteiger partial charge is 0.417 e. The van der Waals surface area contributed by atoms with Gasteiger partial charge in [-0.25, -0.2) is 13.4 Å². The normalized spacial score (nSPS) is 12.0. The summed E-state index contributed by atoms with van der Waals surface area (Å²) in [6, 6.07) is 7.22. The Hall–Kier alpha value is -1.92. The fourth-order valence-corrected chi connectivity index (χ4v) is 3.28. The first-order valence-electron chi connectivity index (χ1n) is 5.64. The van der Waals surface area contributed by atoms with Gasteiger partial charge in [0.15, 0.2) is 5.69 Å². The molecule has 0 saturated carbocycles. The van der Waals surface area contributed by atoms with Crippen LogP contribution in [0.5, 0.6) is 0 Å². The molecule has 4 nitrogen and oxygen atoms in total. The quantitative estimate of drug-likeness (QED) is 0.785. The molecule has 0 unspecified atom stereocenters. The Kier molecular flexibility index (Phi) is 4.26. The van der Waals surface area contributed by atoms with Crippen molar-refractivity contribution in [3.05, 3.63) is 52.3 Å². The maximum Gasteiger partial charge on any atom is 0.417 e. The Labute approximate surface area is 132 Å². The van der Waals surface area contributed by atoms with E-state index in [0.717, 1.165) is 0 Å². The van der Waals surface area contributed by atoms with Gasteiger partial charge in [-0.05, 0) is 30.3 Å². The molecule has 0 spiro atoms. The lowest BCUT2D eigenvalue weighted by molar-refractivity contribution is -0.138. The number of nitrogens with zero attached hydrogens (tertiary/aromatic N) is 2. The van der Waals surface area contributed by atoms with Gasteiger partial charge in [0.05, 0.1) is 10.5 Å². The van der Waals surface area contributed by atoms with Crippen molar-refractivity contribution in [3.63, 3.8) is 0 Å². The molecule has 0 N–H and O–H groups in total. The molecule has 0 atom stereocenters. The van der Waals surface area contributed by atoms with Crippen molar-refractivity contribution in [1.29, 1.82) is 5.26 Å². The third kappa shape index (κ3) is 3.13. The van der Waals surface area contributed by atoms with Crippen molar-refractivity contribution < 1.29 is 21.6 Å². The molecule has 114 valence electrons. The fraction of sp³-hybridized carbons (Fsp3) is 0.0769. The molecule has 0 aliphatic heterocycles. The Morgan fingerprint density at radius 1 is 1.18 bits per heavy atom. The third-order valence-corrected chi connectivity index (χ3v) is 5.01. The van der Waals surface area contributed by atoms with Crippen LogP contribution in [0.4, 0.5) is 13.2 Å². The van der Waals surface area contributed by atoms with Gasteiger partial charge in [0.1, 0.15) is 11.0 Å². The van der Waals surface area contributed by atoms with Crippen LogP contribution in [0.1, 0.15) is 11.3 Å². The first kappa shape index (κ1) is 16.5. The van der Waals surface area contributed by atoms with Crippen molar-refractivity contribution in [2.24, 2.45) is 0 Å². The van der Waals surface area contributed by atoms with E-state index in [0.29, 0.717) is 16.7 Å². The lowest BCUT2D eigenvalue weighted by Crippen LogP contribution is -2.11. The summed E-state index contributed by atoms with van der Waals surface area (Å²) in [4.78, 5) is 2.30. The van der Waals surface area contributed by atoms with Crippen molar-refractivity contribution in [2.75, 3.05) is 0 Å². The predicted octanol–water partition coefficient (Wildman–Crippen LogP) is 3.57. The van der Waals surface area contributed by atoms with Crippen LogP contribution < -0.4 is 0 Å². The van der Waals surface area contributed by atoms with Gasteiger partial charge in [0, 0.05) is 10.7 Å². The van der Waals surface area contributed by atoms with E-state index in [1.807, 2.05) is 0 Å². The second kappa shape index (κ2) is 5.70. The minimum absolute atomic E-state index is 0.228. The van der Waals surface area contributed by atoms with Crippen molar-refractivity contribution in [1.82, 2.24) is 4.98 Å². The first-order valence-corrected chi connectivity index (χ1v) is 7.92. The molecule has 0 saturated heterocycles. The summed E-state index contributed by atoms with van der Waals surface area (Å²) in [6.45, 7) is 0. The monoisotopic (exact) mass is 390 g/mol. The topological polar surface area (TPSA) is 70.8 Å². The van der Waals surface area contributed by atoms with E-state index >= 15 is 0 Å². The number of halogens is 4. The highest BCUT2D eigenvalue weighted by Gasteiger charge is 2.34. The van der Waals surface area contributed by atoms with E-state index < -0.39 is 32.2 Å². The molecule has 2 rings (SSSR count). The SMILES string of the molecule is N#Cc1ncc(C(F)(F)F)cc1S(=O)(=O)c1ccc(Br)cc1. The lowest BCUT2D eigenvalue weighted by Gasteiger charge is -2.10. The highest BCUT2D eigenvalue weighted by molar-refractivity contribution is 9.10. The average Bonchev–Trinajstić information content (AvgIpc) is 2.46. The molecule has 1 heterocycles. The number of hydrogen-bond acceptors (Lipinski definition) is 4. The maximum absolute atomic E-state index is 12.7. The predicted molar refractivity (Wildman–Crippen MR) is 73.5 cm³/mol. The second-order valence-corrected chi connectivity index (χ2v) is 6.97. The van der Waals surface area contributed by atoms with Crippen LogP contribution >= 0.6 is 15.9 Å². The van der Waals surface area contributed by atoms with Crippen molar-refractivity contribution >= 4 is 25.8 Å². The summed E-state index contributed by atoms with van der Waals surface area (Å²) >= 11 is 3.13. The minimum Gasteiger partial charge on any atom is -0.244 e. The van der Waals surface area contributed by atoms with E-state index in [1.54, 1.807) is 0 Å². The highest BCUT2D eigenvalue weighted by atomic mass is 79.9. The Bertz CT molecular complexity index is 856. The number of sulfone groups is 1. The van der Waals surface area contributed by atoms with Crippen LogP contribution in [-0.2, 0) is 16.0 Å². The zero-order valence-electron chi connectivity index (χ0n) is 10.6. The Morgan fingerprint density at radius 3 is 2.27 bits per heavy atom. The lowest BCUT2D eigenvalue weighted by atomic mass is 10.2. The van der Waals surface area contributed by atoms with E-state index in [4.69, 9.17) is 5.26 Å². The molecule has 1 aromatic carbocycles. The first-order chi connectivity index (χ1) is 10.2. The summed E-state index contributed by atoms with van der Waals surface area (Å²) in [5.74, 6) is 0. The van der Waals surface area contributed by atoms with Gasteiger partial charge in [0.2, 0.25) is 9.84 Å². The average molecular weight is 391 g/mol. The molecule has 0 amide bonds. The molecule has 0 aliphatic rings. The summed E-state index contributed by atoms with van der Waals surface area (Å²) in [6.07, 6.45) is -4.33. The highest BCUT2D eigenvalue weighted by Crippen LogP contribution is 2.32. The molecule has 0 fully saturated rings. The standard InChI is InChI=1S/C13H6BrF3N2O2S/c14-9-1-3-10(4-2-9)22(20,21)12-5-8(13(15,16)17)7-19-11(12)6-18/h1-5,7H. The molecule has 0 bridgehead atoms. The van der Waals surface area contributed by atoms with E-state index in [9.17, 15) is 21.6 Å². The number of pyridine rings is 1. The second-order valence-electron chi connectivity index (χ2n) is 4.14. The van der Waals surface area contributed by atoms with Gasteiger partial charge < -0.3 is 0 Å². The molecule has 0 aliphatic carbocycles. The summed E-state index contributed by atoms with van der Waals surface area (Å²) in [5, 5.41) is 8.90. The minimum atomic E-state index is -4.76. The number of alkyl halides is 3. The van der Waals surface area contributed by atoms with Crippen molar-refractivity contribution in [3.8, 4) is 6.07 Å². The van der Waals surface area contributed by atoms with Crippen LogP contribution in [0.3, 0.4) is 0 Å². The van der Waals surface area contributed by atoms with Crippen molar-refractivity contribution in [2.45, 2.75) is 16.0 Å². The van der Waals surface area contributed by atoms with E-state index in [2.05, 4.69) is 20.9 Å². The van der Waals surface area contributed by atoms with Crippen LogP contribution in [0.2, 0.25) is 0 Å². The molecule has 9 heteroatoms. The van der Waals surface area contributed by atoms with Gasteiger partial charge >= 0.3 is 6.18 Å². The Morgan fingerprint density at radius 2 is 1.77 bits per heavy atom. The van der Waals surface area contributed by atoms with Crippen LogP contribution in [0.15, 0.2) is 50.8 Å². The summed E-state index contributed by atoms with van der Waals surface area (Å²) in [5.41, 5.74) is -1.82. The number of nitriles is 1. The number of aromatic nitrogens is 1. The molecular formula is C13H6BrF3N2O2S. The molecular weight excluding hydrogens is 385 g/mol. The maximum atomic E-state index is 12.7. The van der Waals surface area contributed by atoms with Crippen LogP contribution in [0.25, 0.3) is 0 Å². The Balaban J connectivity index is 2.69. The van der Waals surface area contributed by atoms with Crippen LogP contribution in [-0.4, -0.2) is 13.4 Å². The smallest absolute Gasteiger partial charge is 0.244 e. The number of rotatable bonds is 2. The van der Waals surface area contributed by atoms with Gasteiger partial charge in [-0.2, -0.15) is 18.4 Å². The molecule has 22 heavy (non-hydrogen) atoms. The van der Waals surface area contributed by atoms with E-state index in [1.165, 1.54) is 30.3 Å². The van der Waals surface area contributed by atoms with Gasteiger partial charge in [-0.1, -0.05) is 15.9 Å². The molecule has 2 aromatic rings. The van der Waals surface area contributed by atoms with Gasteiger partial charge in [-0.15, -0.1) is 0 Å². The zero-order valence-corrected chi connectivity index (χ0v) is 13.0. The molecule has 1 aromatic heterocycles. The van der Waals surface area contributed by atoms with Gasteiger partial charge in [-0.3, -0.25) is 0 Å². The van der Waals surface area contributed by atoms with Gasteiger partial charge in [0.25, 0.3) is 0 Å². The number of benzene rings is 1. The fourth-order valence-electron chi connectivity index (χ4n) is 1.63. The van der Waals surface area contributed by atoms with E-state index in [-0.39, 0.29) is 4.90 Å².